The maximum Gasteiger partial charge on any atom is 0.272 e. The molecule has 0 radical (unpaired) electrons. The highest BCUT2D eigenvalue weighted by molar-refractivity contribution is 5.96. The second-order valence-electron chi connectivity index (χ2n) is 8.77. The van der Waals surface area contributed by atoms with Crippen molar-refractivity contribution in [2.75, 3.05) is 26.8 Å². The summed E-state index contributed by atoms with van der Waals surface area (Å²) in [6.07, 6.45) is 4.32. The first-order valence-electron chi connectivity index (χ1n) is 11.1. The highest BCUT2D eigenvalue weighted by atomic mass is 16.7. The van der Waals surface area contributed by atoms with E-state index in [1.807, 2.05) is 37.3 Å². The molecule has 0 bridgehead atoms. The lowest BCUT2D eigenvalue weighted by Crippen LogP contribution is -2.56. The topological polar surface area (TPSA) is 79.9 Å². The van der Waals surface area contributed by atoms with Gasteiger partial charge in [-0.3, -0.25) is 14.4 Å². The predicted octanol–water partition coefficient (Wildman–Crippen LogP) is 1.99. The monoisotopic (exact) mass is 415 g/mol. The molecule has 7 heteroatoms. The first-order valence-corrected chi connectivity index (χ1v) is 11.1. The molecule has 2 heterocycles. The van der Waals surface area contributed by atoms with E-state index in [1.165, 1.54) is 5.06 Å². The van der Waals surface area contributed by atoms with Crippen LogP contribution in [0, 0.1) is 5.92 Å². The minimum Gasteiger partial charge on any atom is -0.379 e. The van der Waals surface area contributed by atoms with Gasteiger partial charge in [0.25, 0.3) is 5.91 Å². The third kappa shape index (κ3) is 4.11. The number of carbonyl (C=O) groups excluding carboxylic acids is 2. The lowest BCUT2D eigenvalue weighted by atomic mass is 9.94. The van der Waals surface area contributed by atoms with Crippen LogP contribution in [0.4, 0.5) is 0 Å². The van der Waals surface area contributed by atoms with E-state index in [2.05, 4.69) is 10.6 Å². The molecule has 1 aliphatic carbocycles. The van der Waals surface area contributed by atoms with E-state index >= 15 is 0 Å². The summed E-state index contributed by atoms with van der Waals surface area (Å²) in [5, 5.41) is 8.03. The lowest BCUT2D eigenvalue weighted by molar-refractivity contribution is -0.200. The SMILES string of the molecule is CO[C@@H]([C@@H]1CCCN1)[C@@H](C)C(=O)N[C@@]1(C(=O)N2CCCCO2)C[C@@H]1c1ccccc1. The zero-order valence-corrected chi connectivity index (χ0v) is 17.9. The highest BCUT2D eigenvalue weighted by Gasteiger charge is 2.63. The van der Waals surface area contributed by atoms with Crippen LogP contribution in [0.15, 0.2) is 30.3 Å². The molecule has 7 nitrogen and oxygen atoms in total. The van der Waals surface area contributed by atoms with Gasteiger partial charge in [-0.15, -0.1) is 0 Å². The van der Waals surface area contributed by atoms with Crippen molar-refractivity contribution in [3.63, 3.8) is 0 Å². The Bertz CT molecular complexity index is 746. The van der Waals surface area contributed by atoms with Crippen LogP contribution in [0.2, 0.25) is 0 Å². The maximum absolute atomic E-state index is 13.5. The van der Waals surface area contributed by atoms with Gasteiger partial charge in [-0.05, 0) is 44.2 Å². The summed E-state index contributed by atoms with van der Waals surface area (Å²) in [6.45, 7) is 3.95. The summed E-state index contributed by atoms with van der Waals surface area (Å²) < 4.78 is 5.70. The molecule has 0 spiro atoms. The smallest absolute Gasteiger partial charge is 0.272 e. The van der Waals surface area contributed by atoms with Crippen molar-refractivity contribution in [2.24, 2.45) is 5.92 Å². The van der Waals surface area contributed by atoms with E-state index in [1.54, 1.807) is 7.11 Å². The third-order valence-electron chi connectivity index (χ3n) is 6.79. The number of amides is 2. The van der Waals surface area contributed by atoms with Gasteiger partial charge in [0.15, 0.2) is 0 Å². The molecule has 30 heavy (non-hydrogen) atoms. The average Bonchev–Trinajstić information content (AvgIpc) is 3.26. The molecule has 0 aromatic heterocycles. The lowest BCUT2D eigenvalue weighted by Gasteiger charge is -2.32. The normalized spacial score (nSPS) is 30.5. The molecule has 1 aromatic carbocycles. The van der Waals surface area contributed by atoms with E-state index < -0.39 is 5.54 Å². The first kappa shape index (κ1) is 21.3. The largest absolute Gasteiger partial charge is 0.379 e. The van der Waals surface area contributed by atoms with Gasteiger partial charge in [0.05, 0.1) is 18.6 Å². The van der Waals surface area contributed by atoms with Gasteiger partial charge >= 0.3 is 0 Å². The highest BCUT2D eigenvalue weighted by Crippen LogP contribution is 2.53. The molecular weight excluding hydrogens is 382 g/mol. The summed E-state index contributed by atoms with van der Waals surface area (Å²) in [6, 6.07) is 10.1. The number of nitrogens with zero attached hydrogens (tertiary/aromatic N) is 1. The van der Waals surface area contributed by atoms with Crippen molar-refractivity contribution >= 4 is 11.8 Å². The van der Waals surface area contributed by atoms with Gasteiger partial charge in [0.2, 0.25) is 5.91 Å². The number of hydroxylamine groups is 2. The Labute approximate surface area is 178 Å². The Kier molecular flexibility index (Phi) is 6.41. The summed E-state index contributed by atoms with van der Waals surface area (Å²) in [7, 11) is 1.65. The minimum atomic E-state index is -0.939. The van der Waals surface area contributed by atoms with E-state index in [-0.39, 0.29) is 35.8 Å². The van der Waals surface area contributed by atoms with E-state index in [9.17, 15) is 9.59 Å². The molecular formula is C23H33N3O4. The number of hydrogen-bond acceptors (Lipinski definition) is 5. The second-order valence-corrected chi connectivity index (χ2v) is 8.77. The Balaban J connectivity index is 1.52. The fraction of sp³-hybridized carbons (Fsp3) is 0.652. The molecule has 2 N–H and O–H groups in total. The van der Waals surface area contributed by atoms with Gasteiger partial charge in [0.1, 0.15) is 5.54 Å². The predicted molar refractivity (Wildman–Crippen MR) is 113 cm³/mol. The standard InChI is InChI=1S/C23H33N3O4/c1-16(20(29-2)19-11-8-12-24-19)21(27)25-23(22(28)26-13-6-7-14-30-26)15-18(23)17-9-4-3-5-10-17/h3-5,9-10,16,18-20,24H,6-8,11-15H2,1-2H3,(H,25,27)/t16-,18-,19+,20-,23+/m1/s1. The Morgan fingerprint density at radius 3 is 2.70 bits per heavy atom. The van der Waals surface area contributed by atoms with Crippen molar-refractivity contribution in [3.05, 3.63) is 35.9 Å². The number of benzene rings is 1. The van der Waals surface area contributed by atoms with E-state index in [0.717, 1.165) is 37.8 Å². The maximum atomic E-state index is 13.5. The molecule has 3 fully saturated rings. The zero-order chi connectivity index (χ0) is 21.1. The third-order valence-corrected chi connectivity index (χ3v) is 6.79. The molecule has 164 valence electrons. The van der Waals surface area contributed by atoms with Crippen LogP contribution in [0.1, 0.15) is 50.5 Å². The quantitative estimate of drug-likeness (QED) is 0.712. The van der Waals surface area contributed by atoms with Gasteiger partial charge in [-0.2, -0.15) is 0 Å². The Hall–Kier alpha value is -1.96. The van der Waals surface area contributed by atoms with Gasteiger partial charge in [-0.1, -0.05) is 37.3 Å². The number of nitrogens with one attached hydrogen (secondary N) is 2. The molecule has 1 saturated carbocycles. The molecule has 2 amide bonds. The van der Waals surface area contributed by atoms with Crippen LogP contribution in [-0.2, 0) is 19.2 Å². The van der Waals surface area contributed by atoms with Crippen molar-refractivity contribution in [2.45, 2.75) is 62.6 Å². The van der Waals surface area contributed by atoms with E-state index in [4.69, 9.17) is 9.57 Å². The molecule has 4 rings (SSSR count). The van der Waals surface area contributed by atoms with Crippen molar-refractivity contribution < 1.29 is 19.2 Å². The van der Waals surface area contributed by atoms with Crippen LogP contribution >= 0.6 is 0 Å². The van der Waals surface area contributed by atoms with Crippen molar-refractivity contribution in [1.29, 1.82) is 0 Å². The van der Waals surface area contributed by atoms with Crippen LogP contribution in [0.3, 0.4) is 0 Å². The second kappa shape index (κ2) is 9.04. The van der Waals surface area contributed by atoms with E-state index in [0.29, 0.717) is 19.6 Å². The average molecular weight is 416 g/mol. The first-order chi connectivity index (χ1) is 14.6. The van der Waals surface area contributed by atoms with Crippen molar-refractivity contribution in [3.8, 4) is 0 Å². The van der Waals surface area contributed by atoms with Gasteiger partial charge in [-0.25, -0.2) is 5.06 Å². The summed E-state index contributed by atoms with van der Waals surface area (Å²) >= 11 is 0. The fourth-order valence-corrected chi connectivity index (χ4v) is 4.95. The number of methoxy groups -OCH3 is 1. The van der Waals surface area contributed by atoms with Crippen LogP contribution in [0.5, 0.6) is 0 Å². The fourth-order valence-electron chi connectivity index (χ4n) is 4.95. The summed E-state index contributed by atoms with van der Waals surface area (Å²) in [4.78, 5) is 32.4. The van der Waals surface area contributed by atoms with Gasteiger partial charge < -0.3 is 15.4 Å². The van der Waals surface area contributed by atoms with Crippen LogP contribution in [0.25, 0.3) is 0 Å². The molecule has 5 atom stereocenters. The summed E-state index contributed by atoms with van der Waals surface area (Å²) in [5.74, 6) is -0.683. The Morgan fingerprint density at radius 2 is 2.07 bits per heavy atom. The Morgan fingerprint density at radius 1 is 1.27 bits per heavy atom. The van der Waals surface area contributed by atoms with Crippen molar-refractivity contribution in [1.82, 2.24) is 15.7 Å². The summed E-state index contributed by atoms with van der Waals surface area (Å²) in [5.41, 5.74) is 0.127. The molecule has 0 unspecified atom stereocenters. The number of carbonyl (C=O) groups is 2. The zero-order valence-electron chi connectivity index (χ0n) is 17.9. The molecule has 2 aliphatic heterocycles. The minimum absolute atomic E-state index is 0.0431. The van der Waals surface area contributed by atoms with Crippen LogP contribution in [-0.4, -0.2) is 61.4 Å². The van der Waals surface area contributed by atoms with Gasteiger partial charge in [0, 0.05) is 25.6 Å². The number of rotatable bonds is 7. The number of ether oxygens (including phenoxy) is 1. The number of hydrogen-bond donors (Lipinski definition) is 2. The molecule has 2 saturated heterocycles. The van der Waals surface area contributed by atoms with Crippen LogP contribution < -0.4 is 10.6 Å². The molecule has 3 aliphatic rings. The molecule has 1 aromatic rings.